The fraction of sp³-hybridized carbons (Fsp3) is 0.714. The van der Waals surface area contributed by atoms with Crippen LogP contribution in [0.2, 0.25) is 0 Å². The van der Waals surface area contributed by atoms with E-state index in [1.807, 2.05) is 6.08 Å². The third-order valence-electron chi connectivity index (χ3n) is 5.92. The molecule has 1 saturated carbocycles. The third kappa shape index (κ3) is 3.88. The highest BCUT2D eigenvalue weighted by Crippen LogP contribution is 2.50. The highest BCUT2D eigenvalue weighted by Gasteiger charge is 2.54. The van der Waals surface area contributed by atoms with Gasteiger partial charge in [-0.2, -0.15) is 0 Å². The monoisotopic (exact) mass is 362 g/mol. The number of ether oxygens (including phenoxy) is 3. The second-order valence-electron chi connectivity index (χ2n) is 9.06. The lowest BCUT2D eigenvalue weighted by Crippen LogP contribution is -2.32. The van der Waals surface area contributed by atoms with Crippen LogP contribution in [0.4, 0.5) is 0 Å². The van der Waals surface area contributed by atoms with Crippen LogP contribution < -0.4 is 0 Å². The summed E-state index contributed by atoms with van der Waals surface area (Å²) < 4.78 is 16.4. The quantitative estimate of drug-likeness (QED) is 0.556. The van der Waals surface area contributed by atoms with E-state index in [0.717, 1.165) is 18.4 Å². The maximum atomic E-state index is 11.7. The minimum Gasteiger partial charge on any atom is -0.435 e. The summed E-state index contributed by atoms with van der Waals surface area (Å²) >= 11 is 0. The van der Waals surface area contributed by atoms with Crippen LogP contribution >= 0.6 is 0 Å². The Hall–Kier alpha value is -1.62. The molecule has 1 aliphatic carbocycles. The summed E-state index contributed by atoms with van der Waals surface area (Å²) in [7, 11) is 0. The molecule has 5 atom stereocenters. The van der Waals surface area contributed by atoms with Crippen molar-refractivity contribution in [3.8, 4) is 0 Å². The van der Waals surface area contributed by atoms with Crippen LogP contribution in [0.1, 0.15) is 59.8 Å². The Morgan fingerprint density at radius 2 is 2.04 bits per heavy atom. The summed E-state index contributed by atoms with van der Waals surface area (Å²) in [6.45, 7) is 12.3. The lowest BCUT2D eigenvalue weighted by Gasteiger charge is -2.42. The standard InChI is InChI=1S/C21H30O5/c1-6-14(11-21(5)9-7-8-20(3,4)12-21)17-15-10-16(23)25-18(15)26-19(17)24-13(2)22/h6,11,15,17-19H,1,7-10,12H2,2-5H3. The van der Waals surface area contributed by atoms with E-state index in [1.165, 1.54) is 19.8 Å². The molecule has 5 heteroatoms. The van der Waals surface area contributed by atoms with Gasteiger partial charge in [-0.25, -0.2) is 0 Å². The number of carbonyl (C=O) groups is 2. The molecule has 5 nitrogen and oxygen atoms in total. The highest BCUT2D eigenvalue weighted by molar-refractivity contribution is 5.72. The van der Waals surface area contributed by atoms with Crippen molar-refractivity contribution in [2.45, 2.75) is 72.4 Å². The Bertz CT molecular complexity index is 634. The van der Waals surface area contributed by atoms with Crippen molar-refractivity contribution in [3.05, 3.63) is 24.3 Å². The van der Waals surface area contributed by atoms with E-state index in [1.54, 1.807) is 0 Å². The molecule has 3 aliphatic rings. The molecule has 3 fully saturated rings. The Balaban J connectivity index is 1.91. The predicted molar refractivity (Wildman–Crippen MR) is 96.8 cm³/mol. The van der Waals surface area contributed by atoms with Crippen LogP contribution in [-0.2, 0) is 23.8 Å². The van der Waals surface area contributed by atoms with Crippen molar-refractivity contribution in [1.29, 1.82) is 0 Å². The van der Waals surface area contributed by atoms with Gasteiger partial charge in [0.1, 0.15) is 0 Å². The van der Waals surface area contributed by atoms with Crippen molar-refractivity contribution in [2.75, 3.05) is 0 Å². The lowest BCUT2D eigenvalue weighted by molar-refractivity contribution is -0.206. The largest absolute Gasteiger partial charge is 0.435 e. The van der Waals surface area contributed by atoms with E-state index in [2.05, 4.69) is 33.4 Å². The van der Waals surface area contributed by atoms with Gasteiger partial charge in [-0.1, -0.05) is 45.9 Å². The van der Waals surface area contributed by atoms with E-state index in [0.29, 0.717) is 5.41 Å². The molecule has 0 aromatic carbocycles. The average molecular weight is 362 g/mol. The van der Waals surface area contributed by atoms with Gasteiger partial charge in [0.2, 0.25) is 12.6 Å². The zero-order valence-corrected chi connectivity index (χ0v) is 16.2. The van der Waals surface area contributed by atoms with Crippen molar-refractivity contribution in [1.82, 2.24) is 0 Å². The van der Waals surface area contributed by atoms with E-state index >= 15 is 0 Å². The molecular weight excluding hydrogens is 332 g/mol. The topological polar surface area (TPSA) is 61.8 Å². The second-order valence-corrected chi connectivity index (χ2v) is 9.06. The van der Waals surface area contributed by atoms with Gasteiger partial charge in [0.25, 0.3) is 0 Å². The highest BCUT2D eigenvalue weighted by atomic mass is 16.8. The molecule has 0 spiro atoms. The van der Waals surface area contributed by atoms with Crippen molar-refractivity contribution >= 4 is 11.9 Å². The van der Waals surface area contributed by atoms with E-state index < -0.39 is 18.5 Å². The SMILES string of the molecule is C=CC(=CC1(C)CCCC(C)(C)C1)C1C(OC(C)=O)OC2OC(=O)CC21. The van der Waals surface area contributed by atoms with Crippen molar-refractivity contribution < 1.29 is 23.8 Å². The number of rotatable bonds is 4. The average Bonchev–Trinajstić information content (AvgIpc) is 2.98. The van der Waals surface area contributed by atoms with Crippen LogP contribution in [-0.4, -0.2) is 24.5 Å². The number of hydrogen-bond donors (Lipinski definition) is 0. The number of hydrogen-bond acceptors (Lipinski definition) is 5. The summed E-state index contributed by atoms with van der Waals surface area (Å²) in [4.78, 5) is 23.2. The van der Waals surface area contributed by atoms with Gasteiger partial charge in [-0.15, -0.1) is 0 Å². The smallest absolute Gasteiger partial charge is 0.308 e. The van der Waals surface area contributed by atoms with E-state index in [-0.39, 0.29) is 29.6 Å². The lowest BCUT2D eigenvalue weighted by atomic mass is 9.63. The van der Waals surface area contributed by atoms with Crippen molar-refractivity contribution in [2.24, 2.45) is 22.7 Å². The molecule has 5 unspecified atom stereocenters. The molecule has 0 N–H and O–H groups in total. The first-order valence-corrected chi connectivity index (χ1v) is 9.50. The number of carbonyl (C=O) groups excluding carboxylic acids is 2. The predicted octanol–water partition coefficient (Wildman–Crippen LogP) is 4.13. The molecule has 2 aliphatic heterocycles. The Morgan fingerprint density at radius 1 is 1.31 bits per heavy atom. The van der Waals surface area contributed by atoms with Crippen LogP contribution in [0.15, 0.2) is 24.3 Å². The van der Waals surface area contributed by atoms with Gasteiger partial charge in [-0.3, -0.25) is 9.59 Å². The number of fused-ring (bicyclic) bond motifs is 1. The first kappa shape index (κ1) is 19.2. The summed E-state index contributed by atoms with van der Waals surface area (Å²) in [5.41, 5.74) is 1.34. The Labute approximate surface area is 155 Å². The molecule has 26 heavy (non-hydrogen) atoms. The minimum atomic E-state index is -0.736. The number of allylic oxidation sites excluding steroid dienone is 2. The summed E-state index contributed by atoms with van der Waals surface area (Å²) in [5, 5.41) is 0. The van der Waals surface area contributed by atoms with Crippen LogP contribution in [0.3, 0.4) is 0 Å². The maximum absolute atomic E-state index is 11.7. The molecule has 0 aromatic heterocycles. The maximum Gasteiger partial charge on any atom is 0.308 e. The molecule has 0 amide bonds. The number of esters is 2. The normalized spacial score (nSPS) is 39.2. The molecule has 3 rings (SSSR count). The first-order valence-electron chi connectivity index (χ1n) is 9.50. The zero-order chi connectivity index (χ0) is 19.1. The van der Waals surface area contributed by atoms with E-state index in [9.17, 15) is 9.59 Å². The molecule has 2 saturated heterocycles. The fourth-order valence-corrected chi connectivity index (χ4v) is 5.12. The summed E-state index contributed by atoms with van der Waals surface area (Å²) in [5.74, 6) is -1.04. The van der Waals surface area contributed by atoms with Gasteiger partial charge in [-0.05, 0) is 35.7 Å². The van der Waals surface area contributed by atoms with Crippen LogP contribution in [0, 0.1) is 22.7 Å². The van der Waals surface area contributed by atoms with Gasteiger partial charge in [0.05, 0.1) is 12.3 Å². The van der Waals surface area contributed by atoms with Gasteiger partial charge >= 0.3 is 11.9 Å². The van der Waals surface area contributed by atoms with Gasteiger partial charge in [0.15, 0.2) is 0 Å². The molecule has 0 bridgehead atoms. The minimum absolute atomic E-state index is 0.0492. The Morgan fingerprint density at radius 3 is 2.65 bits per heavy atom. The zero-order valence-electron chi connectivity index (χ0n) is 16.2. The Kier molecular flexibility index (Phi) is 5.04. The summed E-state index contributed by atoms with van der Waals surface area (Å²) in [6, 6.07) is 0. The molecule has 144 valence electrons. The van der Waals surface area contributed by atoms with Crippen molar-refractivity contribution in [3.63, 3.8) is 0 Å². The fourth-order valence-electron chi connectivity index (χ4n) is 5.12. The third-order valence-corrected chi connectivity index (χ3v) is 5.92. The molecular formula is C21H30O5. The molecule has 2 heterocycles. The van der Waals surface area contributed by atoms with Gasteiger partial charge < -0.3 is 14.2 Å². The second kappa shape index (κ2) is 6.84. The summed E-state index contributed by atoms with van der Waals surface area (Å²) in [6.07, 6.45) is 7.62. The van der Waals surface area contributed by atoms with Crippen LogP contribution in [0.5, 0.6) is 0 Å². The first-order chi connectivity index (χ1) is 12.1. The molecule has 0 radical (unpaired) electrons. The molecule has 0 aromatic rings. The van der Waals surface area contributed by atoms with Gasteiger partial charge in [0, 0.05) is 12.8 Å². The van der Waals surface area contributed by atoms with Crippen LogP contribution in [0.25, 0.3) is 0 Å². The van der Waals surface area contributed by atoms with E-state index in [4.69, 9.17) is 14.2 Å².